The van der Waals surface area contributed by atoms with Crippen LogP contribution in [0.5, 0.6) is 0 Å². The maximum atomic E-state index is 11.0. The van der Waals surface area contributed by atoms with Crippen LogP contribution in [0.25, 0.3) is 0 Å². The molecule has 0 spiro atoms. The van der Waals surface area contributed by atoms with E-state index in [1.165, 1.54) is 5.56 Å². The number of nitrogens with one attached hydrogen (secondary N) is 3. The highest BCUT2D eigenvalue weighted by atomic mass is 16.4. The highest BCUT2D eigenvalue weighted by Crippen LogP contribution is 2.29. The zero-order chi connectivity index (χ0) is 24.5. The van der Waals surface area contributed by atoms with Crippen molar-refractivity contribution in [1.29, 1.82) is 0 Å². The van der Waals surface area contributed by atoms with Gasteiger partial charge in [0.2, 0.25) is 11.9 Å². The minimum atomic E-state index is -0.965. The topological polar surface area (TPSA) is 112 Å². The highest BCUT2D eigenvalue weighted by Gasteiger charge is 2.27. The Balaban J connectivity index is 2.11. The van der Waals surface area contributed by atoms with Gasteiger partial charge < -0.3 is 21.1 Å². The molecule has 1 aromatic carbocycles. The molecule has 2 rings (SSSR count). The summed E-state index contributed by atoms with van der Waals surface area (Å²) in [6.45, 7) is 14.2. The van der Waals surface area contributed by atoms with Crippen molar-refractivity contribution in [1.82, 2.24) is 20.3 Å². The molecule has 1 heterocycles. The summed E-state index contributed by atoms with van der Waals surface area (Å²) < 4.78 is 0. The number of carboxylic acids is 1. The van der Waals surface area contributed by atoms with E-state index in [9.17, 15) is 4.79 Å². The van der Waals surface area contributed by atoms with Crippen LogP contribution in [0.4, 0.5) is 11.9 Å². The van der Waals surface area contributed by atoms with E-state index >= 15 is 0 Å². The monoisotopic (exact) mass is 456 g/mol. The van der Waals surface area contributed by atoms with Crippen molar-refractivity contribution in [2.24, 2.45) is 0 Å². The summed E-state index contributed by atoms with van der Waals surface area (Å²) in [5.74, 6) is 0.407. The zero-order valence-corrected chi connectivity index (χ0v) is 21.0. The molecule has 8 heteroatoms. The molecule has 0 bridgehead atoms. The lowest BCUT2D eigenvalue weighted by atomic mass is 9.84. The third-order valence-electron chi connectivity index (χ3n) is 6.89. The number of hydrogen-bond donors (Lipinski definition) is 4. The van der Waals surface area contributed by atoms with Crippen molar-refractivity contribution < 1.29 is 9.90 Å². The Morgan fingerprint density at radius 1 is 0.818 bits per heavy atom. The average molecular weight is 457 g/mol. The van der Waals surface area contributed by atoms with Crippen LogP contribution in [-0.4, -0.2) is 38.1 Å². The number of hydrogen-bond acceptors (Lipinski definition) is 7. The summed E-state index contributed by atoms with van der Waals surface area (Å²) in [6.07, 6.45) is 3.93. The number of benzene rings is 1. The molecule has 0 aliphatic heterocycles. The molecule has 0 saturated carbocycles. The van der Waals surface area contributed by atoms with Crippen LogP contribution in [0, 0.1) is 0 Å². The fourth-order valence-corrected chi connectivity index (χ4v) is 3.30. The normalized spacial score (nSPS) is 11.9. The van der Waals surface area contributed by atoms with Crippen molar-refractivity contribution in [3.8, 4) is 0 Å². The fourth-order valence-electron chi connectivity index (χ4n) is 3.30. The van der Waals surface area contributed by atoms with Crippen molar-refractivity contribution in [3.63, 3.8) is 0 Å². The first kappa shape index (κ1) is 26.5. The average Bonchev–Trinajstić information content (AvgIpc) is 2.84. The molecule has 0 atom stereocenters. The Kier molecular flexibility index (Phi) is 9.58. The summed E-state index contributed by atoms with van der Waals surface area (Å²) in [7, 11) is 0. The molecule has 0 aliphatic rings. The van der Waals surface area contributed by atoms with E-state index in [0.717, 1.165) is 37.8 Å². The van der Waals surface area contributed by atoms with Crippen molar-refractivity contribution in [2.75, 3.05) is 17.2 Å². The van der Waals surface area contributed by atoms with Crippen LogP contribution < -0.4 is 16.0 Å². The lowest BCUT2D eigenvalue weighted by Gasteiger charge is -2.28. The molecule has 33 heavy (non-hydrogen) atoms. The molecular formula is C25H40N6O2. The summed E-state index contributed by atoms with van der Waals surface area (Å²) in [6, 6.07) is 8.49. The molecule has 0 saturated heterocycles. The first-order valence-corrected chi connectivity index (χ1v) is 12.0. The second-order valence-corrected chi connectivity index (χ2v) is 9.11. The van der Waals surface area contributed by atoms with Crippen LogP contribution in [0.2, 0.25) is 0 Å². The van der Waals surface area contributed by atoms with Crippen LogP contribution in [0.1, 0.15) is 84.2 Å². The minimum absolute atomic E-state index is 0.161. The molecule has 0 fully saturated rings. The molecule has 0 unspecified atom stereocenters. The molecule has 8 nitrogen and oxygen atoms in total. The molecule has 2 aromatic rings. The Morgan fingerprint density at radius 2 is 1.33 bits per heavy atom. The third-order valence-corrected chi connectivity index (χ3v) is 6.89. The Labute approximate surface area is 198 Å². The van der Waals surface area contributed by atoms with Gasteiger partial charge in [-0.05, 0) is 43.7 Å². The fraction of sp³-hybridized carbons (Fsp3) is 0.600. The van der Waals surface area contributed by atoms with Gasteiger partial charge in [0.25, 0.3) is 0 Å². The Morgan fingerprint density at radius 3 is 1.82 bits per heavy atom. The predicted octanol–water partition coefficient (Wildman–Crippen LogP) is 4.73. The summed E-state index contributed by atoms with van der Waals surface area (Å²) in [4.78, 5) is 24.5. The van der Waals surface area contributed by atoms with E-state index in [0.29, 0.717) is 18.3 Å². The Hall–Kier alpha value is -2.74. The second kappa shape index (κ2) is 11.9. The molecule has 182 valence electrons. The van der Waals surface area contributed by atoms with Gasteiger partial charge in [0.1, 0.15) is 12.4 Å². The van der Waals surface area contributed by atoms with E-state index in [-0.39, 0.29) is 23.4 Å². The van der Waals surface area contributed by atoms with E-state index in [1.807, 2.05) is 0 Å². The quantitative estimate of drug-likeness (QED) is 0.323. The minimum Gasteiger partial charge on any atom is -0.480 e. The van der Waals surface area contributed by atoms with Gasteiger partial charge in [-0.15, -0.1) is 0 Å². The van der Waals surface area contributed by atoms with Gasteiger partial charge in [-0.3, -0.25) is 4.79 Å². The van der Waals surface area contributed by atoms with Crippen molar-refractivity contribution >= 4 is 17.9 Å². The highest BCUT2D eigenvalue weighted by molar-refractivity contribution is 5.71. The first-order valence-electron chi connectivity index (χ1n) is 12.0. The molecular weight excluding hydrogens is 416 g/mol. The number of carboxylic acid groups (broad SMARTS) is 1. The molecule has 1 aromatic heterocycles. The van der Waals surface area contributed by atoms with Crippen LogP contribution >= 0.6 is 0 Å². The van der Waals surface area contributed by atoms with Gasteiger partial charge in [-0.1, -0.05) is 58.9 Å². The lowest BCUT2D eigenvalue weighted by Crippen LogP contribution is -2.40. The van der Waals surface area contributed by atoms with Gasteiger partial charge in [-0.2, -0.15) is 15.0 Å². The van der Waals surface area contributed by atoms with Gasteiger partial charge in [-0.25, -0.2) is 0 Å². The Bertz CT molecular complexity index is 892. The summed E-state index contributed by atoms with van der Waals surface area (Å²) >= 11 is 0. The number of nitrogens with zero attached hydrogens (tertiary/aromatic N) is 3. The van der Waals surface area contributed by atoms with Gasteiger partial charge in [0.05, 0.1) is 0 Å². The SMILES string of the molecule is CCC(C)(CC)NCc1ccc(CNc2nc(NCC(=O)O)nc(C(C)(CC)CC)n2)cc1. The number of aromatic nitrogens is 3. The molecule has 0 radical (unpaired) electrons. The van der Waals surface area contributed by atoms with Crippen LogP contribution in [0.3, 0.4) is 0 Å². The maximum absolute atomic E-state index is 11.0. The third kappa shape index (κ3) is 7.67. The summed E-state index contributed by atoms with van der Waals surface area (Å²) in [5, 5.41) is 18.7. The maximum Gasteiger partial charge on any atom is 0.322 e. The number of anilines is 2. The van der Waals surface area contributed by atoms with Crippen molar-refractivity contribution in [2.45, 2.75) is 91.3 Å². The lowest BCUT2D eigenvalue weighted by molar-refractivity contribution is -0.134. The smallest absolute Gasteiger partial charge is 0.322 e. The van der Waals surface area contributed by atoms with E-state index in [1.54, 1.807) is 0 Å². The molecule has 4 N–H and O–H groups in total. The van der Waals surface area contributed by atoms with E-state index < -0.39 is 5.97 Å². The van der Waals surface area contributed by atoms with Crippen LogP contribution in [0.15, 0.2) is 24.3 Å². The van der Waals surface area contributed by atoms with Crippen molar-refractivity contribution in [3.05, 3.63) is 41.2 Å². The molecule has 0 amide bonds. The summed E-state index contributed by atoms with van der Waals surface area (Å²) in [5.41, 5.74) is 2.31. The van der Waals surface area contributed by atoms with E-state index in [2.05, 4.69) is 96.7 Å². The second-order valence-electron chi connectivity index (χ2n) is 9.11. The number of aliphatic carboxylic acids is 1. The van der Waals surface area contributed by atoms with E-state index in [4.69, 9.17) is 5.11 Å². The molecule has 0 aliphatic carbocycles. The standard InChI is InChI=1S/C25H40N6O2/c1-7-24(5,8-2)21-29-22(31-23(30-21)27-17-20(32)33)26-15-18-11-13-19(14-12-18)16-28-25(6,9-3)10-4/h11-14,28H,7-10,15-17H2,1-6H3,(H,32,33)(H2,26,27,29,30,31). The van der Waals surface area contributed by atoms with Gasteiger partial charge >= 0.3 is 5.97 Å². The van der Waals surface area contributed by atoms with Gasteiger partial charge in [0, 0.05) is 24.0 Å². The largest absolute Gasteiger partial charge is 0.480 e. The zero-order valence-electron chi connectivity index (χ0n) is 21.0. The number of rotatable bonds is 14. The van der Waals surface area contributed by atoms with Gasteiger partial charge in [0.15, 0.2) is 0 Å². The predicted molar refractivity (Wildman–Crippen MR) is 133 cm³/mol. The van der Waals surface area contributed by atoms with Crippen LogP contribution in [-0.2, 0) is 23.3 Å². The first-order chi connectivity index (χ1) is 15.7. The number of carbonyl (C=O) groups is 1.